The number of carbonyl (C=O) groups excluding carboxylic acids is 1. The molecule has 0 spiro atoms. The minimum atomic E-state index is -0.408. The van der Waals surface area contributed by atoms with Crippen LogP contribution in [-0.4, -0.2) is 25.8 Å². The normalized spacial score (nSPS) is 9.81. The predicted molar refractivity (Wildman–Crippen MR) is 57.9 cm³/mol. The highest BCUT2D eigenvalue weighted by molar-refractivity contribution is 5.97. The van der Waals surface area contributed by atoms with Crippen LogP contribution < -0.4 is 10.6 Å². The second kappa shape index (κ2) is 4.39. The molecular weight excluding hydrogens is 208 g/mol. The summed E-state index contributed by atoms with van der Waals surface area (Å²) in [5.41, 5.74) is 0. The Hall–Kier alpha value is -2.44. The van der Waals surface area contributed by atoms with Gasteiger partial charge in [0.05, 0.1) is 6.20 Å². The van der Waals surface area contributed by atoms with Crippen molar-refractivity contribution in [2.75, 3.05) is 10.6 Å². The zero-order valence-corrected chi connectivity index (χ0v) is 8.58. The van der Waals surface area contributed by atoms with Crippen molar-refractivity contribution in [3.8, 4) is 0 Å². The summed E-state index contributed by atoms with van der Waals surface area (Å²) >= 11 is 0. The summed E-state index contributed by atoms with van der Waals surface area (Å²) in [6, 6.07) is 2.95. The molecule has 2 aromatic heterocycles. The second-order valence-corrected chi connectivity index (χ2v) is 2.99. The molecule has 0 unspecified atom stereocenters. The molecule has 16 heavy (non-hydrogen) atoms. The molecule has 0 atom stereocenters. The molecule has 0 fully saturated rings. The first-order valence-corrected chi connectivity index (χ1v) is 4.59. The standard InChI is InChI=1S/C9H10N6O/c1-15-7(3-6-12-15)13-9(16)14-8-10-4-2-5-11-8/h2-6H,1H3,(H2,10,11,13,14,16). The van der Waals surface area contributed by atoms with Crippen molar-refractivity contribution in [3.63, 3.8) is 0 Å². The number of carbonyl (C=O) groups is 1. The van der Waals surface area contributed by atoms with E-state index in [9.17, 15) is 4.79 Å². The van der Waals surface area contributed by atoms with Crippen LogP contribution in [0, 0.1) is 0 Å². The number of amides is 2. The van der Waals surface area contributed by atoms with E-state index >= 15 is 0 Å². The van der Waals surface area contributed by atoms with Crippen LogP contribution in [0.2, 0.25) is 0 Å². The van der Waals surface area contributed by atoms with Crippen molar-refractivity contribution in [1.82, 2.24) is 19.7 Å². The first-order valence-electron chi connectivity index (χ1n) is 4.59. The van der Waals surface area contributed by atoms with Crippen molar-refractivity contribution in [2.24, 2.45) is 7.05 Å². The van der Waals surface area contributed by atoms with E-state index < -0.39 is 6.03 Å². The third-order valence-electron chi connectivity index (χ3n) is 1.85. The summed E-state index contributed by atoms with van der Waals surface area (Å²) in [5.74, 6) is 0.843. The number of nitrogens with one attached hydrogen (secondary N) is 2. The summed E-state index contributed by atoms with van der Waals surface area (Å²) in [5, 5.41) is 9.02. The van der Waals surface area contributed by atoms with Crippen molar-refractivity contribution in [3.05, 3.63) is 30.7 Å². The molecule has 2 rings (SSSR count). The predicted octanol–water partition coefficient (Wildman–Crippen LogP) is 0.854. The summed E-state index contributed by atoms with van der Waals surface area (Å²) < 4.78 is 1.55. The summed E-state index contributed by atoms with van der Waals surface area (Å²) in [7, 11) is 1.73. The van der Waals surface area contributed by atoms with E-state index in [1.165, 1.54) is 0 Å². The number of aryl methyl sites for hydroxylation is 1. The third kappa shape index (κ3) is 2.32. The van der Waals surface area contributed by atoms with Gasteiger partial charge in [0.1, 0.15) is 5.82 Å². The molecule has 2 aromatic rings. The van der Waals surface area contributed by atoms with E-state index in [-0.39, 0.29) is 5.95 Å². The number of hydrogen-bond donors (Lipinski definition) is 2. The summed E-state index contributed by atoms with van der Waals surface area (Å²) in [6.45, 7) is 0. The van der Waals surface area contributed by atoms with E-state index in [4.69, 9.17) is 0 Å². The fourth-order valence-corrected chi connectivity index (χ4v) is 1.11. The Morgan fingerprint density at radius 2 is 2.00 bits per heavy atom. The molecule has 2 N–H and O–H groups in total. The molecule has 0 saturated heterocycles. The number of urea groups is 1. The fraction of sp³-hybridized carbons (Fsp3) is 0.111. The van der Waals surface area contributed by atoms with Crippen LogP contribution in [0.15, 0.2) is 30.7 Å². The first kappa shape index (κ1) is 10.1. The van der Waals surface area contributed by atoms with Crippen LogP contribution in [0.25, 0.3) is 0 Å². The number of rotatable bonds is 2. The molecular formula is C9H10N6O. The molecule has 0 aromatic carbocycles. The third-order valence-corrected chi connectivity index (χ3v) is 1.85. The highest BCUT2D eigenvalue weighted by Gasteiger charge is 2.05. The largest absolute Gasteiger partial charge is 0.327 e. The van der Waals surface area contributed by atoms with Gasteiger partial charge >= 0.3 is 6.03 Å². The fourth-order valence-electron chi connectivity index (χ4n) is 1.11. The molecule has 0 bridgehead atoms. The van der Waals surface area contributed by atoms with E-state index in [2.05, 4.69) is 25.7 Å². The Morgan fingerprint density at radius 3 is 2.62 bits per heavy atom. The number of aromatic nitrogens is 4. The van der Waals surface area contributed by atoms with Gasteiger partial charge < -0.3 is 0 Å². The number of nitrogens with zero attached hydrogens (tertiary/aromatic N) is 4. The second-order valence-electron chi connectivity index (χ2n) is 2.99. The maximum atomic E-state index is 11.5. The smallest absolute Gasteiger partial charge is 0.292 e. The van der Waals surface area contributed by atoms with Crippen LogP contribution in [0.3, 0.4) is 0 Å². The van der Waals surface area contributed by atoms with Crippen LogP contribution in [0.4, 0.5) is 16.6 Å². The van der Waals surface area contributed by atoms with Gasteiger partial charge in [-0.1, -0.05) is 0 Å². The molecule has 0 radical (unpaired) electrons. The van der Waals surface area contributed by atoms with Gasteiger partial charge in [0.15, 0.2) is 0 Å². The van der Waals surface area contributed by atoms with Gasteiger partial charge in [-0.2, -0.15) is 5.10 Å². The molecule has 82 valence electrons. The molecule has 7 nitrogen and oxygen atoms in total. The SMILES string of the molecule is Cn1nccc1NC(=O)Nc1ncccn1. The quantitative estimate of drug-likeness (QED) is 0.782. The van der Waals surface area contributed by atoms with Crippen molar-refractivity contribution < 1.29 is 4.79 Å². The van der Waals surface area contributed by atoms with E-state index in [1.807, 2.05) is 0 Å². The number of anilines is 2. The topological polar surface area (TPSA) is 84.7 Å². The monoisotopic (exact) mass is 218 g/mol. The van der Waals surface area contributed by atoms with Gasteiger partial charge in [0.2, 0.25) is 5.95 Å². The maximum Gasteiger partial charge on any atom is 0.327 e. The van der Waals surface area contributed by atoms with Gasteiger partial charge in [-0.25, -0.2) is 14.8 Å². The van der Waals surface area contributed by atoms with Crippen molar-refractivity contribution in [1.29, 1.82) is 0 Å². The van der Waals surface area contributed by atoms with Crippen LogP contribution >= 0.6 is 0 Å². The van der Waals surface area contributed by atoms with Gasteiger partial charge in [0, 0.05) is 25.5 Å². The lowest BCUT2D eigenvalue weighted by Crippen LogP contribution is -2.22. The van der Waals surface area contributed by atoms with E-state index in [0.29, 0.717) is 5.82 Å². The highest BCUT2D eigenvalue weighted by atomic mass is 16.2. The first-order chi connectivity index (χ1) is 7.75. The van der Waals surface area contributed by atoms with Crippen LogP contribution in [-0.2, 0) is 7.05 Å². The zero-order chi connectivity index (χ0) is 11.4. The highest BCUT2D eigenvalue weighted by Crippen LogP contribution is 2.04. The maximum absolute atomic E-state index is 11.5. The van der Waals surface area contributed by atoms with E-state index in [0.717, 1.165) is 0 Å². The lowest BCUT2D eigenvalue weighted by Gasteiger charge is -2.05. The summed E-state index contributed by atoms with van der Waals surface area (Å²) in [4.78, 5) is 19.2. The van der Waals surface area contributed by atoms with Gasteiger partial charge in [-0.05, 0) is 6.07 Å². The Bertz CT molecular complexity index is 480. The average molecular weight is 218 g/mol. The van der Waals surface area contributed by atoms with Crippen molar-refractivity contribution in [2.45, 2.75) is 0 Å². The molecule has 2 amide bonds. The number of hydrogen-bond acceptors (Lipinski definition) is 4. The molecule has 0 aliphatic rings. The van der Waals surface area contributed by atoms with Gasteiger partial charge in [0.25, 0.3) is 0 Å². The van der Waals surface area contributed by atoms with E-state index in [1.54, 1.807) is 42.5 Å². The lowest BCUT2D eigenvalue weighted by molar-refractivity contribution is 0.262. The van der Waals surface area contributed by atoms with Gasteiger partial charge in [-0.15, -0.1) is 0 Å². The van der Waals surface area contributed by atoms with Crippen LogP contribution in [0.5, 0.6) is 0 Å². The molecule has 0 aliphatic heterocycles. The van der Waals surface area contributed by atoms with Crippen molar-refractivity contribution >= 4 is 17.8 Å². The Morgan fingerprint density at radius 1 is 1.25 bits per heavy atom. The van der Waals surface area contributed by atoms with Crippen LogP contribution in [0.1, 0.15) is 0 Å². The molecule has 0 saturated carbocycles. The Labute approximate surface area is 91.5 Å². The average Bonchev–Trinajstić information content (AvgIpc) is 2.66. The Kier molecular flexibility index (Phi) is 2.77. The lowest BCUT2D eigenvalue weighted by atomic mass is 10.6. The molecule has 7 heteroatoms. The minimum absolute atomic E-state index is 0.252. The summed E-state index contributed by atoms with van der Waals surface area (Å²) in [6.07, 6.45) is 4.69. The minimum Gasteiger partial charge on any atom is -0.292 e. The molecule has 2 heterocycles. The van der Waals surface area contributed by atoms with Gasteiger partial charge in [-0.3, -0.25) is 15.3 Å². The zero-order valence-electron chi connectivity index (χ0n) is 8.58. The Balaban J connectivity index is 1.98. The molecule has 0 aliphatic carbocycles.